The summed E-state index contributed by atoms with van der Waals surface area (Å²) in [5.74, 6) is 0.165. The van der Waals surface area contributed by atoms with Gasteiger partial charge in [-0.25, -0.2) is 10.5 Å². The molecule has 160 valence electrons. The summed E-state index contributed by atoms with van der Waals surface area (Å²) < 4.78 is 10.7. The van der Waals surface area contributed by atoms with Crippen LogP contribution >= 0.6 is 0 Å². The Balaban J connectivity index is 1.54. The number of fused-ring (bicyclic) bond motifs is 2. The van der Waals surface area contributed by atoms with Crippen LogP contribution in [0.4, 0.5) is 11.4 Å². The van der Waals surface area contributed by atoms with Crippen LogP contribution < -0.4 is 15.1 Å². The Morgan fingerprint density at radius 2 is 2.03 bits per heavy atom. The van der Waals surface area contributed by atoms with E-state index in [1.165, 1.54) is 5.56 Å². The van der Waals surface area contributed by atoms with Crippen molar-refractivity contribution in [1.29, 1.82) is 0 Å². The third kappa shape index (κ3) is 3.19. The second-order valence-corrected chi connectivity index (χ2v) is 7.94. The monoisotopic (exact) mass is 420 g/mol. The van der Waals surface area contributed by atoms with Crippen molar-refractivity contribution in [3.8, 4) is 5.88 Å². The highest BCUT2D eigenvalue weighted by atomic mass is 16.5. The van der Waals surface area contributed by atoms with Crippen LogP contribution in [0.15, 0.2) is 42.6 Å². The van der Waals surface area contributed by atoms with Crippen LogP contribution in [0.1, 0.15) is 24.0 Å². The average Bonchev–Trinajstić information content (AvgIpc) is 3.26. The fraction of sp³-hybridized carbons (Fsp3) is 0.348. The number of hydrogen-bond acceptors (Lipinski definition) is 7. The molecule has 0 radical (unpaired) electrons. The normalized spacial score (nSPS) is 17.4. The number of benzene rings is 1. The van der Waals surface area contributed by atoms with Gasteiger partial charge in [-0.2, -0.15) is 4.98 Å². The summed E-state index contributed by atoms with van der Waals surface area (Å²) in [5, 5.41) is 10.3. The molecule has 2 aliphatic rings. The van der Waals surface area contributed by atoms with Crippen molar-refractivity contribution in [3.05, 3.63) is 53.7 Å². The molecule has 4 heterocycles. The smallest absolute Gasteiger partial charge is 0.254 e. The first kappa shape index (κ1) is 19.7. The minimum Gasteiger partial charge on any atom is -0.481 e. The molecule has 1 saturated heterocycles. The molecule has 1 fully saturated rings. The van der Waals surface area contributed by atoms with Crippen molar-refractivity contribution < 1.29 is 19.5 Å². The predicted molar refractivity (Wildman–Crippen MR) is 115 cm³/mol. The van der Waals surface area contributed by atoms with Gasteiger partial charge in [0.2, 0.25) is 5.88 Å². The highest BCUT2D eigenvalue weighted by molar-refractivity contribution is 5.93. The molecule has 0 saturated carbocycles. The summed E-state index contributed by atoms with van der Waals surface area (Å²) in [6, 6.07) is 12.0. The SMILES string of the molecule is COc1ccc2c(N3CCc4cc(C5(C(=O)NO)CCOCC5)ccc43)ccnc2n1. The lowest BCUT2D eigenvalue weighted by molar-refractivity contribution is -0.139. The molecular formula is C23H24N4O4. The second kappa shape index (κ2) is 7.79. The maximum atomic E-state index is 12.6. The summed E-state index contributed by atoms with van der Waals surface area (Å²) in [4.78, 5) is 23.7. The maximum absolute atomic E-state index is 12.6. The highest BCUT2D eigenvalue weighted by Crippen LogP contribution is 2.42. The maximum Gasteiger partial charge on any atom is 0.254 e. The van der Waals surface area contributed by atoms with Crippen molar-refractivity contribution in [2.45, 2.75) is 24.7 Å². The van der Waals surface area contributed by atoms with E-state index < -0.39 is 5.41 Å². The molecule has 5 rings (SSSR count). The summed E-state index contributed by atoms with van der Waals surface area (Å²) in [6.07, 6.45) is 3.72. The van der Waals surface area contributed by atoms with Gasteiger partial charge in [0.05, 0.1) is 18.2 Å². The Kier molecular flexibility index (Phi) is 4.95. The topological polar surface area (TPSA) is 96.8 Å². The Bertz CT molecular complexity index is 1140. The van der Waals surface area contributed by atoms with Gasteiger partial charge >= 0.3 is 0 Å². The van der Waals surface area contributed by atoms with E-state index in [0.29, 0.717) is 37.6 Å². The van der Waals surface area contributed by atoms with Gasteiger partial charge in [0.15, 0.2) is 5.65 Å². The molecule has 0 spiro atoms. The zero-order valence-corrected chi connectivity index (χ0v) is 17.3. The number of amides is 1. The lowest BCUT2D eigenvalue weighted by Gasteiger charge is -2.35. The number of hydrogen-bond donors (Lipinski definition) is 2. The molecule has 2 N–H and O–H groups in total. The number of carbonyl (C=O) groups is 1. The van der Waals surface area contributed by atoms with E-state index >= 15 is 0 Å². The van der Waals surface area contributed by atoms with Crippen molar-refractivity contribution in [2.75, 3.05) is 31.8 Å². The van der Waals surface area contributed by atoms with E-state index in [1.807, 2.05) is 29.7 Å². The lowest BCUT2D eigenvalue weighted by Crippen LogP contribution is -2.47. The van der Waals surface area contributed by atoms with E-state index in [9.17, 15) is 10.0 Å². The molecule has 0 bridgehead atoms. The standard InChI is InChI=1S/C23H24N4O4/c1-30-20-5-3-17-19(6-10-24-21(17)25-20)27-11-7-15-14-16(2-4-18(15)27)23(22(28)26-29)8-12-31-13-9-23/h2-6,10,14,29H,7-9,11-13H2,1H3,(H,26,28). The van der Waals surface area contributed by atoms with Crippen LogP contribution in [-0.4, -0.2) is 48.0 Å². The Hall–Kier alpha value is -3.23. The molecule has 8 heteroatoms. The molecule has 2 aliphatic heterocycles. The number of ether oxygens (including phenoxy) is 2. The third-order valence-electron chi connectivity index (χ3n) is 6.46. The quantitative estimate of drug-likeness (QED) is 0.495. The molecule has 0 aliphatic carbocycles. The van der Waals surface area contributed by atoms with Gasteiger partial charge in [-0.3, -0.25) is 10.0 Å². The zero-order chi connectivity index (χ0) is 21.4. The van der Waals surface area contributed by atoms with Crippen LogP contribution in [0, 0.1) is 0 Å². The Morgan fingerprint density at radius 1 is 1.19 bits per heavy atom. The Labute approximate surface area is 179 Å². The second-order valence-electron chi connectivity index (χ2n) is 7.94. The minimum atomic E-state index is -0.765. The van der Waals surface area contributed by atoms with Crippen molar-refractivity contribution in [2.24, 2.45) is 0 Å². The number of pyridine rings is 2. The zero-order valence-electron chi connectivity index (χ0n) is 17.3. The average molecular weight is 420 g/mol. The summed E-state index contributed by atoms with van der Waals surface area (Å²) in [7, 11) is 1.59. The van der Waals surface area contributed by atoms with Gasteiger partial charge in [0.1, 0.15) is 0 Å². The number of carbonyl (C=O) groups excluding carboxylic acids is 1. The summed E-state index contributed by atoms with van der Waals surface area (Å²) >= 11 is 0. The number of hydroxylamine groups is 1. The van der Waals surface area contributed by atoms with E-state index in [2.05, 4.69) is 27.0 Å². The van der Waals surface area contributed by atoms with Gasteiger partial charge in [-0.1, -0.05) is 12.1 Å². The van der Waals surface area contributed by atoms with Crippen LogP contribution in [0.25, 0.3) is 11.0 Å². The van der Waals surface area contributed by atoms with E-state index in [-0.39, 0.29) is 5.91 Å². The molecule has 3 aromatic rings. The molecular weight excluding hydrogens is 396 g/mol. The van der Waals surface area contributed by atoms with Gasteiger partial charge in [-0.05, 0) is 48.6 Å². The van der Waals surface area contributed by atoms with E-state index in [0.717, 1.165) is 35.3 Å². The summed E-state index contributed by atoms with van der Waals surface area (Å²) in [5.41, 5.74) is 6.01. The van der Waals surface area contributed by atoms with Gasteiger partial charge in [0.25, 0.3) is 5.91 Å². The van der Waals surface area contributed by atoms with E-state index in [4.69, 9.17) is 9.47 Å². The Morgan fingerprint density at radius 3 is 2.81 bits per heavy atom. The van der Waals surface area contributed by atoms with Gasteiger partial charge in [-0.15, -0.1) is 0 Å². The number of nitrogens with one attached hydrogen (secondary N) is 1. The number of anilines is 2. The number of methoxy groups -OCH3 is 1. The van der Waals surface area contributed by atoms with Gasteiger partial charge in [0, 0.05) is 43.1 Å². The van der Waals surface area contributed by atoms with E-state index in [1.54, 1.807) is 13.3 Å². The molecule has 0 unspecified atom stereocenters. The van der Waals surface area contributed by atoms with Crippen LogP contribution in [0.5, 0.6) is 5.88 Å². The van der Waals surface area contributed by atoms with Crippen molar-refractivity contribution in [3.63, 3.8) is 0 Å². The van der Waals surface area contributed by atoms with Crippen LogP contribution in [-0.2, 0) is 21.4 Å². The fourth-order valence-electron chi connectivity index (χ4n) is 4.77. The number of nitrogens with zero attached hydrogens (tertiary/aromatic N) is 3. The summed E-state index contributed by atoms with van der Waals surface area (Å²) in [6.45, 7) is 1.82. The first-order valence-corrected chi connectivity index (χ1v) is 10.4. The first-order valence-electron chi connectivity index (χ1n) is 10.4. The number of aromatic nitrogens is 2. The molecule has 31 heavy (non-hydrogen) atoms. The van der Waals surface area contributed by atoms with Crippen LogP contribution in [0.3, 0.4) is 0 Å². The molecule has 2 aromatic heterocycles. The lowest BCUT2D eigenvalue weighted by atomic mass is 9.73. The number of rotatable bonds is 4. The van der Waals surface area contributed by atoms with Crippen molar-refractivity contribution in [1.82, 2.24) is 15.4 Å². The molecule has 1 aromatic carbocycles. The molecule has 8 nitrogen and oxygen atoms in total. The van der Waals surface area contributed by atoms with Crippen molar-refractivity contribution >= 4 is 28.3 Å². The van der Waals surface area contributed by atoms with Crippen LogP contribution in [0.2, 0.25) is 0 Å². The minimum absolute atomic E-state index is 0.370. The molecule has 0 atom stereocenters. The largest absolute Gasteiger partial charge is 0.481 e. The molecule has 1 amide bonds. The fourth-order valence-corrected chi connectivity index (χ4v) is 4.77. The highest BCUT2D eigenvalue weighted by Gasteiger charge is 2.42. The first-order chi connectivity index (χ1) is 15.2. The predicted octanol–water partition coefficient (Wildman–Crippen LogP) is 2.89. The van der Waals surface area contributed by atoms with Gasteiger partial charge < -0.3 is 14.4 Å². The third-order valence-corrected chi connectivity index (χ3v) is 6.46.